The average molecular weight is 374 g/mol. The van der Waals surface area contributed by atoms with Gasteiger partial charge in [-0.1, -0.05) is 11.8 Å². The van der Waals surface area contributed by atoms with Gasteiger partial charge in [0.25, 0.3) is 0 Å². The molecule has 1 atom stereocenters. The molecule has 0 radical (unpaired) electrons. The Morgan fingerprint density at radius 2 is 1.92 bits per heavy atom. The molecule has 1 aromatic rings. The molecule has 0 unspecified atom stereocenters. The number of allylic oxidation sites excluding steroid dienone is 1. The van der Waals surface area contributed by atoms with Crippen LogP contribution < -0.4 is 9.47 Å². The van der Waals surface area contributed by atoms with Crippen molar-refractivity contribution in [2.75, 3.05) is 20.8 Å². The summed E-state index contributed by atoms with van der Waals surface area (Å²) in [5, 5.41) is 2.80. The highest BCUT2D eigenvalue weighted by Gasteiger charge is 2.38. The van der Waals surface area contributed by atoms with E-state index in [4.69, 9.17) is 14.2 Å². The van der Waals surface area contributed by atoms with Gasteiger partial charge in [-0.3, -0.25) is 0 Å². The quantitative estimate of drug-likeness (QED) is 0.731. The number of hydrogen-bond acceptors (Lipinski definition) is 7. The highest BCUT2D eigenvalue weighted by Crippen LogP contribution is 2.44. The van der Waals surface area contributed by atoms with Crippen LogP contribution in [0, 0.1) is 6.92 Å². The summed E-state index contributed by atoms with van der Waals surface area (Å²) in [6.45, 7) is 5.95. The molecule has 6 nitrogen and oxygen atoms in total. The zero-order chi connectivity index (χ0) is 18.8. The van der Waals surface area contributed by atoms with Gasteiger partial charge in [0.05, 0.1) is 38.1 Å². The lowest BCUT2D eigenvalue weighted by Gasteiger charge is -2.34. The zero-order valence-corrected chi connectivity index (χ0v) is 16.3. The second-order valence-corrected chi connectivity index (χ2v) is 6.76. The van der Waals surface area contributed by atoms with E-state index in [0.29, 0.717) is 29.4 Å². The third-order valence-electron chi connectivity index (χ3n) is 4.38. The van der Waals surface area contributed by atoms with Crippen molar-refractivity contribution < 1.29 is 19.0 Å². The van der Waals surface area contributed by atoms with Crippen LogP contribution in [0.3, 0.4) is 0 Å². The molecule has 0 aromatic heterocycles. The first-order chi connectivity index (χ1) is 12.5. The Hall–Kier alpha value is -2.41. The van der Waals surface area contributed by atoms with Crippen LogP contribution in [0.1, 0.15) is 31.0 Å². The number of rotatable bonds is 5. The fourth-order valence-electron chi connectivity index (χ4n) is 3.17. The standard InChI is InChI=1S/C19H22N2O4S/c1-6-25-18(22)16-12(3)20-19-21(7-8-26-19)17(16)13-10-15(24-5)14(23-4)9-11(13)2/h7-10,17H,6H2,1-5H3/t17-/m0/s1. The normalized spacial score (nSPS) is 18.6. The van der Waals surface area contributed by atoms with Crippen molar-refractivity contribution >= 4 is 22.9 Å². The average Bonchev–Trinajstić information content (AvgIpc) is 3.08. The van der Waals surface area contributed by atoms with Crippen molar-refractivity contribution in [2.24, 2.45) is 4.99 Å². The van der Waals surface area contributed by atoms with Gasteiger partial charge >= 0.3 is 5.97 Å². The topological polar surface area (TPSA) is 60.4 Å². The van der Waals surface area contributed by atoms with E-state index in [1.54, 1.807) is 21.1 Å². The van der Waals surface area contributed by atoms with Crippen molar-refractivity contribution in [2.45, 2.75) is 26.8 Å². The first-order valence-corrected chi connectivity index (χ1v) is 9.20. The van der Waals surface area contributed by atoms with Crippen LogP contribution in [0.2, 0.25) is 0 Å². The van der Waals surface area contributed by atoms with Crippen molar-refractivity contribution in [1.29, 1.82) is 0 Å². The van der Waals surface area contributed by atoms with E-state index in [1.807, 2.05) is 42.5 Å². The largest absolute Gasteiger partial charge is 0.493 e. The Kier molecular flexibility index (Phi) is 5.27. The van der Waals surface area contributed by atoms with Gasteiger partial charge in [0.15, 0.2) is 16.7 Å². The van der Waals surface area contributed by atoms with Crippen molar-refractivity contribution in [3.05, 3.63) is 46.1 Å². The second-order valence-electron chi connectivity index (χ2n) is 5.89. The number of nitrogens with zero attached hydrogens (tertiary/aromatic N) is 2. The van der Waals surface area contributed by atoms with E-state index < -0.39 is 0 Å². The lowest BCUT2D eigenvalue weighted by Crippen LogP contribution is -2.34. The molecule has 1 aromatic carbocycles. The predicted octanol–water partition coefficient (Wildman–Crippen LogP) is 3.78. The van der Waals surface area contributed by atoms with E-state index >= 15 is 0 Å². The van der Waals surface area contributed by atoms with Crippen molar-refractivity contribution in [3.63, 3.8) is 0 Å². The first-order valence-electron chi connectivity index (χ1n) is 8.32. The molecule has 0 saturated carbocycles. The van der Waals surface area contributed by atoms with Gasteiger partial charge in [-0.15, -0.1) is 0 Å². The summed E-state index contributed by atoms with van der Waals surface area (Å²) in [6.07, 6.45) is 1.94. The molecular formula is C19H22N2O4S. The summed E-state index contributed by atoms with van der Waals surface area (Å²) in [6, 6.07) is 3.52. The molecule has 2 aliphatic rings. The molecule has 0 fully saturated rings. The minimum atomic E-state index is -0.350. The lowest BCUT2D eigenvalue weighted by molar-refractivity contribution is -0.139. The smallest absolute Gasteiger partial charge is 0.338 e. The summed E-state index contributed by atoms with van der Waals surface area (Å²) in [4.78, 5) is 19.3. The summed E-state index contributed by atoms with van der Waals surface area (Å²) < 4.78 is 16.2. The van der Waals surface area contributed by atoms with Gasteiger partial charge in [0.2, 0.25) is 0 Å². The number of aliphatic imine (C=N–C) groups is 1. The number of esters is 1. The highest BCUT2D eigenvalue weighted by molar-refractivity contribution is 8.16. The molecule has 2 aliphatic heterocycles. The Balaban J connectivity index is 2.18. The van der Waals surface area contributed by atoms with Gasteiger partial charge < -0.3 is 19.1 Å². The molecule has 0 N–H and O–H groups in total. The Bertz CT molecular complexity index is 829. The van der Waals surface area contributed by atoms with Crippen LogP contribution in [0.15, 0.2) is 40.0 Å². The van der Waals surface area contributed by atoms with Gasteiger partial charge in [-0.25, -0.2) is 9.79 Å². The van der Waals surface area contributed by atoms with E-state index in [9.17, 15) is 4.79 Å². The van der Waals surface area contributed by atoms with Crippen LogP contribution in [0.4, 0.5) is 0 Å². The van der Waals surface area contributed by atoms with E-state index in [1.165, 1.54) is 11.8 Å². The maximum absolute atomic E-state index is 12.7. The maximum atomic E-state index is 12.7. The molecule has 0 saturated heterocycles. The SMILES string of the molecule is CCOC(=O)C1=C(C)N=C2SC=CN2[C@H]1c1cc(OC)c(OC)cc1C. The monoisotopic (exact) mass is 374 g/mol. The molecule has 0 amide bonds. The molecule has 26 heavy (non-hydrogen) atoms. The van der Waals surface area contributed by atoms with Crippen LogP contribution >= 0.6 is 11.8 Å². The molecular weight excluding hydrogens is 352 g/mol. The van der Waals surface area contributed by atoms with Gasteiger partial charge in [-0.2, -0.15) is 0 Å². The number of fused-ring (bicyclic) bond motifs is 1. The van der Waals surface area contributed by atoms with Crippen molar-refractivity contribution in [1.82, 2.24) is 4.90 Å². The lowest BCUT2D eigenvalue weighted by atomic mass is 9.91. The predicted molar refractivity (Wildman–Crippen MR) is 102 cm³/mol. The number of ether oxygens (including phenoxy) is 3. The number of carbonyl (C=O) groups is 1. The molecule has 138 valence electrons. The third-order valence-corrected chi connectivity index (χ3v) is 5.15. The van der Waals surface area contributed by atoms with Gasteiger partial charge in [0.1, 0.15) is 0 Å². The van der Waals surface area contributed by atoms with Crippen molar-refractivity contribution in [3.8, 4) is 11.5 Å². The number of aryl methyl sites for hydroxylation is 1. The number of thioether (sulfide) groups is 1. The number of benzene rings is 1. The van der Waals surface area contributed by atoms with Gasteiger partial charge in [0, 0.05) is 6.20 Å². The summed E-state index contributed by atoms with van der Waals surface area (Å²) in [5.74, 6) is 0.925. The van der Waals surface area contributed by atoms with E-state index in [-0.39, 0.29) is 12.0 Å². The molecule has 7 heteroatoms. The van der Waals surface area contributed by atoms with E-state index in [2.05, 4.69) is 4.99 Å². The summed E-state index contributed by atoms with van der Waals surface area (Å²) in [5.41, 5.74) is 3.15. The number of methoxy groups -OCH3 is 2. The molecule has 0 spiro atoms. The number of amidine groups is 1. The number of hydrogen-bond donors (Lipinski definition) is 0. The maximum Gasteiger partial charge on any atom is 0.338 e. The Labute approximate surface area is 157 Å². The highest BCUT2D eigenvalue weighted by atomic mass is 32.2. The summed E-state index contributed by atoms with van der Waals surface area (Å²) >= 11 is 1.53. The number of carbonyl (C=O) groups excluding carboxylic acids is 1. The summed E-state index contributed by atoms with van der Waals surface area (Å²) in [7, 11) is 3.21. The molecule has 2 heterocycles. The Morgan fingerprint density at radius 1 is 1.23 bits per heavy atom. The molecule has 3 rings (SSSR count). The first kappa shape index (κ1) is 18.4. The fraction of sp³-hybridized carbons (Fsp3) is 0.368. The second kappa shape index (κ2) is 7.45. The molecule has 0 bridgehead atoms. The van der Waals surface area contributed by atoms with Crippen LogP contribution in [-0.2, 0) is 9.53 Å². The third kappa shape index (κ3) is 3.07. The molecule has 0 aliphatic carbocycles. The van der Waals surface area contributed by atoms with E-state index in [0.717, 1.165) is 16.3 Å². The Morgan fingerprint density at radius 3 is 2.58 bits per heavy atom. The van der Waals surface area contributed by atoms with Crippen LogP contribution in [0.25, 0.3) is 0 Å². The fourth-order valence-corrected chi connectivity index (χ4v) is 3.96. The van der Waals surface area contributed by atoms with Crippen LogP contribution in [-0.4, -0.2) is 36.9 Å². The zero-order valence-electron chi connectivity index (χ0n) is 15.5. The van der Waals surface area contributed by atoms with Gasteiger partial charge in [-0.05, 0) is 49.4 Å². The minimum absolute atomic E-state index is 0.314. The van der Waals surface area contributed by atoms with Crippen LogP contribution in [0.5, 0.6) is 11.5 Å². The minimum Gasteiger partial charge on any atom is -0.493 e.